The van der Waals surface area contributed by atoms with Crippen molar-refractivity contribution in [3.63, 3.8) is 0 Å². The quantitative estimate of drug-likeness (QED) is 0.148. The molecule has 0 saturated carbocycles. The Morgan fingerprint density at radius 1 is 1.00 bits per heavy atom. The van der Waals surface area contributed by atoms with E-state index >= 15 is 0 Å². The second kappa shape index (κ2) is 19.5. The fraction of sp³-hybridized carbons (Fsp3) is 0.769. The van der Waals surface area contributed by atoms with E-state index in [4.69, 9.17) is 19.9 Å². The van der Waals surface area contributed by atoms with Crippen LogP contribution in [-0.4, -0.2) is 115 Å². The van der Waals surface area contributed by atoms with Crippen molar-refractivity contribution in [2.45, 2.75) is 142 Å². The molecule has 0 bridgehead atoms. The van der Waals surface area contributed by atoms with Crippen LogP contribution >= 0.6 is 0 Å². The van der Waals surface area contributed by atoms with Gasteiger partial charge in [-0.15, -0.1) is 0 Å². The number of hydrogen-bond acceptors (Lipinski definition) is 9. The number of nitrogens with zero attached hydrogens (tertiary/aromatic N) is 2. The van der Waals surface area contributed by atoms with Gasteiger partial charge in [-0.3, -0.25) is 19.3 Å². The summed E-state index contributed by atoms with van der Waals surface area (Å²) in [7, 11) is 5.12. The number of likely N-dealkylation sites (N-methyl/N-ethyl adjacent to an activating group) is 1. The number of nitrogens with one attached hydrogen (secondary N) is 2. The van der Waals surface area contributed by atoms with Crippen molar-refractivity contribution < 1.29 is 33.7 Å². The van der Waals surface area contributed by atoms with Crippen LogP contribution in [0.1, 0.15) is 92.7 Å². The third kappa shape index (κ3) is 10.7. The lowest BCUT2D eigenvalue weighted by molar-refractivity contribution is -0.143. The second-order valence-electron chi connectivity index (χ2n) is 15.5. The fourth-order valence-electron chi connectivity index (χ4n) is 7.57. The van der Waals surface area contributed by atoms with Crippen LogP contribution < -0.4 is 16.4 Å². The molecule has 2 saturated heterocycles. The van der Waals surface area contributed by atoms with Crippen LogP contribution in [0.15, 0.2) is 30.3 Å². The van der Waals surface area contributed by atoms with Gasteiger partial charge in [-0.2, -0.15) is 0 Å². The van der Waals surface area contributed by atoms with E-state index in [1.165, 1.54) is 0 Å². The van der Waals surface area contributed by atoms with Gasteiger partial charge in [0.05, 0.1) is 42.4 Å². The van der Waals surface area contributed by atoms with Gasteiger partial charge in [-0.05, 0) is 43.1 Å². The fourth-order valence-corrected chi connectivity index (χ4v) is 7.57. The van der Waals surface area contributed by atoms with Gasteiger partial charge in [-0.1, -0.05) is 85.2 Å². The van der Waals surface area contributed by atoms with Gasteiger partial charge >= 0.3 is 0 Å². The largest absolute Gasteiger partial charge is 0.386 e. The lowest BCUT2D eigenvalue weighted by Gasteiger charge is -2.40. The number of nitrogens with two attached hydrogens (primary N) is 1. The van der Waals surface area contributed by atoms with E-state index in [0.717, 1.165) is 31.4 Å². The average molecular weight is 718 g/mol. The predicted octanol–water partition coefficient (Wildman–Crippen LogP) is 3.47. The third-order valence-electron chi connectivity index (χ3n) is 11.2. The summed E-state index contributed by atoms with van der Waals surface area (Å²) in [5, 5.41) is 16.8. The Balaban J connectivity index is 1.69. The molecule has 0 aromatic heterocycles. The van der Waals surface area contributed by atoms with Crippen LogP contribution in [0.4, 0.5) is 0 Å². The van der Waals surface area contributed by atoms with Crippen LogP contribution in [0.2, 0.25) is 0 Å². The number of hydrogen-bond donors (Lipinski definition) is 4. The molecule has 2 fully saturated rings. The van der Waals surface area contributed by atoms with Crippen molar-refractivity contribution in [1.82, 2.24) is 20.4 Å². The molecule has 1 aromatic rings. The summed E-state index contributed by atoms with van der Waals surface area (Å²) >= 11 is 0. The number of epoxide rings is 1. The third-order valence-corrected chi connectivity index (χ3v) is 11.2. The zero-order chi connectivity index (χ0) is 38.2. The van der Waals surface area contributed by atoms with Crippen LogP contribution in [0.3, 0.4) is 0 Å². The molecule has 2 aliphatic heterocycles. The number of carbonyl (C=O) groups excluding carboxylic acids is 3. The molecule has 4 unspecified atom stereocenters. The first-order chi connectivity index (χ1) is 24.1. The van der Waals surface area contributed by atoms with Gasteiger partial charge in [0.1, 0.15) is 18.4 Å². The first-order valence-electron chi connectivity index (χ1n) is 18.9. The van der Waals surface area contributed by atoms with Crippen LogP contribution in [0.25, 0.3) is 0 Å². The number of aliphatic hydroxyl groups excluding tert-OH is 1. The number of rotatable bonds is 20. The summed E-state index contributed by atoms with van der Waals surface area (Å²) in [6.45, 7) is 16.3. The zero-order valence-corrected chi connectivity index (χ0v) is 32.9. The maximum atomic E-state index is 14.0. The number of methoxy groups -OCH3 is 2. The molecule has 12 heteroatoms. The number of aliphatic hydroxyl groups is 1. The molecule has 1 aromatic carbocycles. The van der Waals surface area contributed by atoms with Crippen LogP contribution in [-0.2, 0) is 28.6 Å². The van der Waals surface area contributed by atoms with Gasteiger partial charge < -0.3 is 40.6 Å². The van der Waals surface area contributed by atoms with Crippen molar-refractivity contribution in [2.24, 2.45) is 29.4 Å². The van der Waals surface area contributed by atoms with Crippen molar-refractivity contribution in [1.29, 1.82) is 0 Å². The van der Waals surface area contributed by atoms with Gasteiger partial charge in [0.2, 0.25) is 17.7 Å². The molecule has 2 heterocycles. The van der Waals surface area contributed by atoms with E-state index in [1.54, 1.807) is 33.1 Å². The Morgan fingerprint density at radius 3 is 2.20 bits per heavy atom. The van der Waals surface area contributed by atoms with Gasteiger partial charge in [0.25, 0.3) is 0 Å². The molecular weight excluding hydrogens is 650 g/mol. The minimum absolute atomic E-state index is 0.0247. The summed E-state index contributed by atoms with van der Waals surface area (Å²) in [5.74, 6) is -1.22. The Hall–Kier alpha value is -2.61. The summed E-state index contributed by atoms with van der Waals surface area (Å²) in [4.78, 5) is 44.5. The SMILES string of the molecule is CC[C@H](C)C([C@@H](CC1OC1N1CCC[C@H]1[C@H](OC)[C@@H](C)C(=O)N[C@H](C)[C@@H](O)c1ccccc1)OC)N(C)C(=O)C(NC(=O)[C@@H](N)C(C)C)C(C)C. The van der Waals surface area contributed by atoms with E-state index in [1.807, 2.05) is 65.0 Å². The zero-order valence-electron chi connectivity index (χ0n) is 32.9. The lowest BCUT2D eigenvalue weighted by Crippen LogP contribution is -2.59. The minimum atomic E-state index is -0.826. The van der Waals surface area contributed by atoms with Gasteiger partial charge in [-0.25, -0.2) is 0 Å². The summed E-state index contributed by atoms with van der Waals surface area (Å²) < 4.78 is 18.4. The van der Waals surface area contributed by atoms with E-state index in [9.17, 15) is 19.5 Å². The minimum Gasteiger partial charge on any atom is -0.386 e. The highest BCUT2D eigenvalue weighted by molar-refractivity contribution is 5.90. The number of amides is 3. The standard InChI is InChI=1S/C39H67N5O7/c1-12-24(6)33(43(9)38(48)32(23(4)5)42-37(47)31(40)22(2)3)29(49-10)21-30-39(51-30)44-20-16-19-28(44)35(50-11)25(7)36(46)41-26(8)34(45)27-17-14-13-15-18-27/h13-15,17-18,22-26,28-35,39,45H,12,16,19-21,40H2,1-11H3,(H,41,46)(H,42,47)/t24-,25+,26+,28-,29+,30?,31-,32?,33?,34+,35+,39?/m0/s1. The van der Waals surface area contributed by atoms with Crippen molar-refractivity contribution in [3.05, 3.63) is 35.9 Å². The topological polar surface area (TPSA) is 159 Å². The Labute approximate surface area is 306 Å². The molecule has 3 rings (SSSR count). The molecule has 0 radical (unpaired) electrons. The van der Waals surface area contributed by atoms with Crippen molar-refractivity contribution >= 4 is 17.7 Å². The van der Waals surface area contributed by atoms with Crippen LogP contribution in [0, 0.1) is 23.7 Å². The lowest BCUT2D eigenvalue weighted by atomic mass is 9.89. The molecule has 51 heavy (non-hydrogen) atoms. The Bertz CT molecular complexity index is 1250. The molecule has 3 amide bonds. The predicted molar refractivity (Wildman–Crippen MR) is 198 cm³/mol. The molecule has 290 valence electrons. The number of ether oxygens (including phenoxy) is 3. The molecule has 0 spiro atoms. The van der Waals surface area contributed by atoms with Crippen molar-refractivity contribution in [2.75, 3.05) is 27.8 Å². The molecule has 2 aliphatic rings. The smallest absolute Gasteiger partial charge is 0.245 e. The molecule has 12 atom stereocenters. The molecule has 12 nitrogen and oxygen atoms in total. The summed E-state index contributed by atoms with van der Waals surface area (Å²) in [6.07, 6.45) is 1.46. The maximum absolute atomic E-state index is 14.0. The first-order valence-corrected chi connectivity index (χ1v) is 18.9. The Kier molecular flexibility index (Phi) is 16.3. The van der Waals surface area contributed by atoms with Crippen LogP contribution in [0.5, 0.6) is 0 Å². The van der Waals surface area contributed by atoms with Crippen molar-refractivity contribution in [3.8, 4) is 0 Å². The second-order valence-corrected chi connectivity index (χ2v) is 15.5. The van der Waals surface area contributed by atoms with E-state index in [-0.39, 0.29) is 72.1 Å². The Morgan fingerprint density at radius 2 is 1.65 bits per heavy atom. The number of likely N-dealkylation sites (tertiary alicyclic amines) is 1. The van der Waals surface area contributed by atoms with Gasteiger partial charge in [0.15, 0.2) is 0 Å². The summed E-state index contributed by atoms with van der Waals surface area (Å²) in [5.41, 5.74) is 6.87. The van der Waals surface area contributed by atoms with E-state index < -0.39 is 30.1 Å². The molecule has 5 N–H and O–H groups in total. The van der Waals surface area contributed by atoms with Gasteiger partial charge in [0, 0.05) is 40.3 Å². The normalized spacial score (nSPS) is 24.6. The maximum Gasteiger partial charge on any atom is 0.245 e. The highest BCUT2D eigenvalue weighted by Gasteiger charge is 2.52. The highest BCUT2D eigenvalue weighted by atomic mass is 16.6. The highest BCUT2D eigenvalue weighted by Crippen LogP contribution is 2.39. The van der Waals surface area contributed by atoms with E-state index in [2.05, 4.69) is 29.4 Å². The number of carbonyl (C=O) groups is 3. The number of benzene rings is 1. The van der Waals surface area contributed by atoms with E-state index in [0.29, 0.717) is 6.42 Å². The molecular formula is C39H67N5O7. The molecule has 0 aliphatic carbocycles. The monoisotopic (exact) mass is 718 g/mol. The summed E-state index contributed by atoms with van der Waals surface area (Å²) in [6, 6.07) is 7.13. The first kappa shape index (κ1) is 42.8. The average Bonchev–Trinajstić information content (AvgIpc) is 3.72.